The quantitative estimate of drug-likeness (QED) is 0.576. The van der Waals surface area contributed by atoms with Crippen molar-refractivity contribution in [3.8, 4) is 11.5 Å². The number of likely N-dealkylation sites (tertiary alicyclic amines) is 1. The summed E-state index contributed by atoms with van der Waals surface area (Å²) in [6, 6.07) is 11.9. The number of nitrogens with zero attached hydrogens (tertiary/aromatic N) is 2. The normalized spacial score (nSPS) is 18.7. The van der Waals surface area contributed by atoms with E-state index in [-0.39, 0.29) is 17.7 Å². The summed E-state index contributed by atoms with van der Waals surface area (Å²) in [5.74, 6) is -0.180. The van der Waals surface area contributed by atoms with Crippen molar-refractivity contribution in [1.82, 2.24) is 20.7 Å². The lowest BCUT2D eigenvalue weighted by molar-refractivity contribution is -0.142. The van der Waals surface area contributed by atoms with Crippen LogP contribution in [0.25, 0.3) is 22.4 Å². The van der Waals surface area contributed by atoms with Crippen LogP contribution in [-0.2, 0) is 9.59 Å². The zero-order valence-electron chi connectivity index (χ0n) is 19.0. The average molecular weight is 461 g/mol. The first-order chi connectivity index (χ1) is 16.6. The van der Waals surface area contributed by atoms with Crippen molar-refractivity contribution < 1.29 is 18.8 Å². The van der Waals surface area contributed by atoms with Gasteiger partial charge in [0.05, 0.1) is 17.3 Å². The minimum Gasteiger partial charge on any atom is -0.463 e. The molecule has 8 heteroatoms. The second-order valence-electron chi connectivity index (χ2n) is 9.02. The summed E-state index contributed by atoms with van der Waals surface area (Å²) in [4.78, 5) is 45.4. The summed E-state index contributed by atoms with van der Waals surface area (Å²) in [5.41, 5.74) is 6.65. The van der Waals surface area contributed by atoms with Crippen molar-refractivity contribution >= 4 is 28.6 Å². The third kappa shape index (κ3) is 4.40. The molecule has 0 radical (unpaired) electrons. The van der Waals surface area contributed by atoms with E-state index in [0.29, 0.717) is 40.9 Å². The Hall–Kier alpha value is -3.68. The smallest absolute Gasteiger partial charge is 0.270 e. The number of carbonyl (C=O) groups excluding carboxylic acids is 3. The zero-order chi connectivity index (χ0) is 23.5. The van der Waals surface area contributed by atoms with E-state index in [0.717, 1.165) is 32.1 Å². The molecule has 1 unspecified atom stereocenters. The van der Waals surface area contributed by atoms with E-state index in [1.54, 1.807) is 29.4 Å². The lowest BCUT2D eigenvalue weighted by Gasteiger charge is -2.30. The van der Waals surface area contributed by atoms with E-state index in [2.05, 4.69) is 15.8 Å². The molecule has 3 amide bonds. The van der Waals surface area contributed by atoms with Crippen LogP contribution >= 0.6 is 0 Å². The fourth-order valence-electron chi connectivity index (χ4n) is 5.07. The van der Waals surface area contributed by atoms with Crippen molar-refractivity contribution in [3.63, 3.8) is 0 Å². The molecule has 1 aliphatic heterocycles. The number of carbonyl (C=O) groups is 3. The molecule has 8 nitrogen and oxygen atoms in total. The predicted octanol–water partition coefficient (Wildman–Crippen LogP) is 3.83. The molecule has 3 heterocycles. The van der Waals surface area contributed by atoms with Crippen molar-refractivity contribution in [2.45, 2.75) is 51.0 Å². The Kier molecular flexibility index (Phi) is 6.29. The Morgan fingerprint density at radius 2 is 1.76 bits per heavy atom. The molecule has 2 aromatic heterocycles. The highest BCUT2D eigenvalue weighted by molar-refractivity contribution is 6.07. The van der Waals surface area contributed by atoms with Crippen molar-refractivity contribution in [2.75, 3.05) is 6.54 Å². The van der Waals surface area contributed by atoms with Gasteiger partial charge in [0.25, 0.3) is 11.8 Å². The Labute approximate surface area is 197 Å². The summed E-state index contributed by atoms with van der Waals surface area (Å²) >= 11 is 0. The van der Waals surface area contributed by atoms with E-state index in [1.165, 1.54) is 6.42 Å². The molecule has 2 N–H and O–H groups in total. The van der Waals surface area contributed by atoms with Gasteiger partial charge in [-0.1, -0.05) is 37.5 Å². The molecule has 0 spiro atoms. The number of hydrogen-bond acceptors (Lipinski definition) is 5. The van der Waals surface area contributed by atoms with Crippen molar-refractivity contribution in [1.29, 1.82) is 0 Å². The van der Waals surface area contributed by atoms with Crippen LogP contribution in [0.4, 0.5) is 0 Å². The molecular formula is C26H28N4O4. The molecule has 2 fully saturated rings. The molecule has 1 aliphatic carbocycles. The van der Waals surface area contributed by atoms with Crippen LogP contribution in [0.5, 0.6) is 0 Å². The monoisotopic (exact) mass is 460 g/mol. The van der Waals surface area contributed by atoms with Gasteiger partial charge in [0.15, 0.2) is 5.76 Å². The number of aromatic nitrogens is 1. The molecule has 1 atom stereocenters. The number of nitrogens with one attached hydrogen (secondary N) is 2. The van der Waals surface area contributed by atoms with Crippen molar-refractivity contribution in [2.24, 2.45) is 5.92 Å². The SMILES string of the molecule is O=C(NNC(=O)C1CCCN1C(=O)C1CCCCC1)c1cc(-c2ccco2)nc2ccccc12. The number of furan rings is 1. The third-order valence-corrected chi connectivity index (χ3v) is 6.83. The number of hydrogen-bond donors (Lipinski definition) is 2. The summed E-state index contributed by atoms with van der Waals surface area (Å²) in [7, 11) is 0. The molecule has 1 aromatic carbocycles. The highest BCUT2D eigenvalue weighted by atomic mass is 16.3. The fourth-order valence-corrected chi connectivity index (χ4v) is 5.07. The van der Waals surface area contributed by atoms with Gasteiger partial charge in [-0.25, -0.2) is 4.98 Å². The maximum Gasteiger partial charge on any atom is 0.270 e. The van der Waals surface area contributed by atoms with Crippen LogP contribution in [0.1, 0.15) is 55.3 Å². The maximum absolute atomic E-state index is 13.1. The number of fused-ring (bicyclic) bond motifs is 1. The standard InChI is InChI=1S/C26H28N4O4/c31-24(19-16-21(23-13-7-15-34-23)27-20-11-5-4-10-18(19)20)28-29-25(32)22-12-6-14-30(22)26(33)17-8-2-1-3-9-17/h4-5,7,10-11,13,15-17,22H,1-3,6,8-9,12,14H2,(H,28,31)(H,29,32). The fraction of sp³-hybridized carbons (Fsp3) is 0.385. The van der Waals surface area contributed by atoms with Crippen LogP contribution in [0.15, 0.2) is 53.1 Å². The highest BCUT2D eigenvalue weighted by Crippen LogP contribution is 2.29. The van der Waals surface area contributed by atoms with Crippen LogP contribution in [0, 0.1) is 5.92 Å². The zero-order valence-corrected chi connectivity index (χ0v) is 19.0. The van der Waals surface area contributed by atoms with Crippen LogP contribution in [0.2, 0.25) is 0 Å². The molecule has 1 saturated heterocycles. The summed E-state index contributed by atoms with van der Waals surface area (Å²) in [5, 5.41) is 0.666. The van der Waals surface area contributed by atoms with Crippen LogP contribution in [-0.4, -0.2) is 40.2 Å². The first-order valence-corrected chi connectivity index (χ1v) is 12.0. The van der Waals surface area contributed by atoms with Gasteiger partial charge in [-0.2, -0.15) is 0 Å². The van der Waals surface area contributed by atoms with E-state index < -0.39 is 11.9 Å². The number of benzene rings is 1. The number of rotatable bonds is 4. The first kappa shape index (κ1) is 22.1. The Balaban J connectivity index is 1.30. The minimum absolute atomic E-state index is 0.0138. The van der Waals surface area contributed by atoms with E-state index in [9.17, 15) is 14.4 Å². The largest absolute Gasteiger partial charge is 0.463 e. The number of amides is 3. The second kappa shape index (κ2) is 9.67. The molecular weight excluding hydrogens is 432 g/mol. The Morgan fingerprint density at radius 3 is 2.56 bits per heavy atom. The van der Waals surface area contributed by atoms with Crippen molar-refractivity contribution in [3.05, 3.63) is 54.3 Å². The molecule has 2 aliphatic rings. The van der Waals surface area contributed by atoms with E-state index in [1.807, 2.05) is 24.3 Å². The molecule has 34 heavy (non-hydrogen) atoms. The van der Waals surface area contributed by atoms with E-state index >= 15 is 0 Å². The molecule has 0 bridgehead atoms. The molecule has 3 aromatic rings. The van der Waals surface area contributed by atoms with Gasteiger partial charge >= 0.3 is 0 Å². The van der Waals surface area contributed by atoms with Gasteiger partial charge in [0, 0.05) is 17.8 Å². The second-order valence-corrected chi connectivity index (χ2v) is 9.02. The van der Waals surface area contributed by atoms with Gasteiger partial charge in [0.1, 0.15) is 11.7 Å². The maximum atomic E-state index is 13.1. The van der Waals surface area contributed by atoms with Gasteiger partial charge in [-0.3, -0.25) is 25.2 Å². The highest BCUT2D eigenvalue weighted by Gasteiger charge is 2.37. The first-order valence-electron chi connectivity index (χ1n) is 12.0. The molecule has 176 valence electrons. The number of hydrazine groups is 1. The number of para-hydroxylation sites is 1. The third-order valence-electron chi connectivity index (χ3n) is 6.83. The topological polar surface area (TPSA) is 105 Å². The summed E-state index contributed by atoms with van der Waals surface area (Å²) in [6.45, 7) is 0.586. The van der Waals surface area contributed by atoms with Crippen LogP contribution < -0.4 is 10.9 Å². The minimum atomic E-state index is -0.553. The molecule has 5 rings (SSSR count). The van der Waals surface area contributed by atoms with Gasteiger partial charge in [0.2, 0.25) is 5.91 Å². The van der Waals surface area contributed by atoms with Gasteiger partial charge in [-0.15, -0.1) is 0 Å². The van der Waals surface area contributed by atoms with Gasteiger partial charge in [-0.05, 0) is 49.9 Å². The predicted molar refractivity (Wildman–Crippen MR) is 126 cm³/mol. The summed E-state index contributed by atoms with van der Waals surface area (Å²) in [6.07, 6.45) is 8.03. The summed E-state index contributed by atoms with van der Waals surface area (Å²) < 4.78 is 5.45. The average Bonchev–Trinajstić information content (AvgIpc) is 3.59. The van der Waals surface area contributed by atoms with E-state index in [4.69, 9.17) is 4.42 Å². The Morgan fingerprint density at radius 1 is 0.941 bits per heavy atom. The lowest BCUT2D eigenvalue weighted by Crippen LogP contribution is -2.52. The lowest BCUT2D eigenvalue weighted by atomic mass is 9.88. The molecule has 1 saturated carbocycles. The van der Waals surface area contributed by atoms with Crippen LogP contribution in [0.3, 0.4) is 0 Å². The van der Waals surface area contributed by atoms with Gasteiger partial charge < -0.3 is 9.32 Å². The number of pyridine rings is 1. The Bertz CT molecular complexity index is 1200.